The van der Waals surface area contributed by atoms with Crippen LogP contribution in [0.25, 0.3) is 0 Å². The van der Waals surface area contributed by atoms with Gasteiger partial charge in [0.1, 0.15) is 11.8 Å². The zero-order chi connectivity index (χ0) is 14.3. The first-order valence-corrected chi connectivity index (χ1v) is 6.35. The summed E-state index contributed by atoms with van der Waals surface area (Å²) in [5.41, 5.74) is 1.36. The zero-order valence-electron chi connectivity index (χ0n) is 11.3. The molecule has 0 saturated heterocycles. The molecule has 102 valence electrons. The van der Waals surface area contributed by atoms with Crippen LogP contribution in [0.2, 0.25) is 0 Å². The minimum absolute atomic E-state index is 0.171. The Bertz CT molecular complexity index is 480. The lowest BCUT2D eigenvalue weighted by molar-refractivity contribution is 0.0947. The number of aryl methyl sites for hydroxylation is 1. The number of carbonyl (C=O) groups is 1. The standard InChI is InChI=1S/C14H19N3O2/c1-10(9-18)4-3-7-16-14(19)13-6-5-12(8-15)11(2)17-13/h5-6,10,18H,3-4,7,9H2,1-2H3,(H,16,19). The minimum atomic E-state index is -0.232. The van der Waals surface area contributed by atoms with Gasteiger partial charge in [-0.25, -0.2) is 4.98 Å². The van der Waals surface area contributed by atoms with Gasteiger partial charge in [0.25, 0.3) is 5.91 Å². The van der Waals surface area contributed by atoms with Crippen molar-refractivity contribution in [3.63, 3.8) is 0 Å². The lowest BCUT2D eigenvalue weighted by atomic mass is 10.1. The number of amides is 1. The van der Waals surface area contributed by atoms with Gasteiger partial charge in [0.05, 0.1) is 11.3 Å². The molecular formula is C14H19N3O2. The number of nitriles is 1. The number of nitrogens with zero attached hydrogens (tertiary/aromatic N) is 2. The van der Waals surface area contributed by atoms with Crippen molar-refractivity contribution >= 4 is 5.91 Å². The molecule has 1 unspecified atom stereocenters. The second kappa shape index (κ2) is 7.49. The van der Waals surface area contributed by atoms with Crippen LogP contribution < -0.4 is 5.32 Å². The van der Waals surface area contributed by atoms with Crippen molar-refractivity contribution in [1.29, 1.82) is 5.26 Å². The molecule has 2 N–H and O–H groups in total. The van der Waals surface area contributed by atoms with E-state index in [1.54, 1.807) is 19.1 Å². The molecule has 1 aromatic rings. The van der Waals surface area contributed by atoms with Gasteiger partial charge in [-0.3, -0.25) is 4.79 Å². The van der Waals surface area contributed by atoms with E-state index in [1.165, 1.54) is 0 Å². The number of carbonyl (C=O) groups excluding carboxylic acids is 1. The predicted molar refractivity (Wildman–Crippen MR) is 71.5 cm³/mol. The summed E-state index contributed by atoms with van der Waals surface area (Å²) in [6.07, 6.45) is 1.69. The molecule has 0 spiro atoms. The van der Waals surface area contributed by atoms with Gasteiger partial charge in [-0.05, 0) is 37.8 Å². The van der Waals surface area contributed by atoms with Crippen LogP contribution in [0, 0.1) is 24.2 Å². The summed E-state index contributed by atoms with van der Waals surface area (Å²) in [6.45, 7) is 4.40. The van der Waals surface area contributed by atoms with Crippen molar-refractivity contribution in [2.75, 3.05) is 13.2 Å². The molecule has 0 aliphatic carbocycles. The highest BCUT2D eigenvalue weighted by Gasteiger charge is 2.09. The first-order valence-electron chi connectivity index (χ1n) is 6.35. The summed E-state index contributed by atoms with van der Waals surface area (Å²) in [5, 5.41) is 20.4. The number of hydrogen-bond acceptors (Lipinski definition) is 4. The molecule has 19 heavy (non-hydrogen) atoms. The smallest absolute Gasteiger partial charge is 0.269 e. The maximum Gasteiger partial charge on any atom is 0.269 e. The minimum Gasteiger partial charge on any atom is -0.396 e. The van der Waals surface area contributed by atoms with Crippen LogP contribution in [0.15, 0.2) is 12.1 Å². The van der Waals surface area contributed by atoms with E-state index in [1.807, 2.05) is 13.0 Å². The molecule has 1 heterocycles. The molecule has 0 radical (unpaired) electrons. The van der Waals surface area contributed by atoms with Gasteiger partial charge in [-0.15, -0.1) is 0 Å². The Hall–Kier alpha value is -1.93. The summed E-state index contributed by atoms with van der Waals surface area (Å²) in [7, 11) is 0. The number of aromatic nitrogens is 1. The topological polar surface area (TPSA) is 86.0 Å². The van der Waals surface area contributed by atoms with Crippen LogP contribution in [-0.2, 0) is 0 Å². The van der Waals surface area contributed by atoms with Crippen LogP contribution in [0.3, 0.4) is 0 Å². The van der Waals surface area contributed by atoms with E-state index in [9.17, 15) is 4.79 Å². The molecule has 1 atom stereocenters. The van der Waals surface area contributed by atoms with Gasteiger partial charge in [-0.2, -0.15) is 5.26 Å². The summed E-state index contributed by atoms with van der Waals surface area (Å²) < 4.78 is 0. The molecule has 1 amide bonds. The average Bonchev–Trinajstić information content (AvgIpc) is 2.42. The highest BCUT2D eigenvalue weighted by molar-refractivity contribution is 5.92. The van der Waals surface area contributed by atoms with Crippen molar-refractivity contribution in [3.8, 4) is 6.07 Å². The van der Waals surface area contributed by atoms with Crippen molar-refractivity contribution in [2.45, 2.75) is 26.7 Å². The molecule has 0 bridgehead atoms. The maximum atomic E-state index is 11.8. The number of hydrogen-bond donors (Lipinski definition) is 2. The second-order valence-corrected chi connectivity index (χ2v) is 4.63. The van der Waals surface area contributed by atoms with E-state index in [2.05, 4.69) is 10.3 Å². The van der Waals surface area contributed by atoms with E-state index in [4.69, 9.17) is 10.4 Å². The number of rotatable bonds is 6. The molecule has 1 rings (SSSR count). The number of nitrogens with one attached hydrogen (secondary N) is 1. The fraction of sp³-hybridized carbons (Fsp3) is 0.500. The Kier molecular flexibility index (Phi) is 5.97. The Morgan fingerprint density at radius 3 is 2.89 bits per heavy atom. The van der Waals surface area contributed by atoms with E-state index >= 15 is 0 Å². The van der Waals surface area contributed by atoms with Gasteiger partial charge in [0, 0.05) is 13.2 Å². The van der Waals surface area contributed by atoms with Gasteiger partial charge in [0.15, 0.2) is 0 Å². The molecule has 0 aliphatic heterocycles. The van der Waals surface area contributed by atoms with Crippen LogP contribution in [0.1, 0.15) is 41.5 Å². The molecule has 0 aliphatic rings. The van der Waals surface area contributed by atoms with Crippen molar-refractivity contribution in [1.82, 2.24) is 10.3 Å². The Morgan fingerprint density at radius 2 is 2.32 bits per heavy atom. The molecule has 0 fully saturated rings. The predicted octanol–water partition coefficient (Wildman–Crippen LogP) is 1.40. The van der Waals surface area contributed by atoms with Gasteiger partial charge in [0.2, 0.25) is 0 Å². The Morgan fingerprint density at radius 1 is 1.58 bits per heavy atom. The fourth-order valence-electron chi connectivity index (χ4n) is 1.64. The SMILES string of the molecule is Cc1nc(C(=O)NCCCC(C)CO)ccc1C#N. The molecule has 5 nitrogen and oxygen atoms in total. The summed E-state index contributed by atoms with van der Waals surface area (Å²) in [6, 6.07) is 5.17. The molecule has 5 heteroatoms. The van der Waals surface area contributed by atoms with Gasteiger partial charge < -0.3 is 10.4 Å². The third kappa shape index (κ3) is 4.68. The molecule has 0 saturated carbocycles. The quantitative estimate of drug-likeness (QED) is 0.758. The largest absolute Gasteiger partial charge is 0.396 e. The van der Waals surface area contributed by atoms with Crippen molar-refractivity contribution in [3.05, 3.63) is 29.1 Å². The first kappa shape index (κ1) is 15.1. The number of aliphatic hydroxyl groups is 1. The zero-order valence-corrected chi connectivity index (χ0v) is 11.3. The Balaban J connectivity index is 2.46. The number of aliphatic hydroxyl groups excluding tert-OH is 1. The fourth-order valence-corrected chi connectivity index (χ4v) is 1.64. The normalized spacial score (nSPS) is 11.7. The molecule has 1 aromatic heterocycles. The van der Waals surface area contributed by atoms with Crippen LogP contribution in [-0.4, -0.2) is 29.1 Å². The lowest BCUT2D eigenvalue weighted by Crippen LogP contribution is -2.26. The van der Waals surface area contributed by atoms with E-state index in [-0.39, 0.29) is 18.4 Å². The highest BCUT2D eigenvalue weighted by atomic mass is 16.3. The van der Waals surface area contributed by atoms with E-state index in [0.29, 0.717) is 23.5 Å². The number of pyridine rings is 1. The maximum absolute atomic E-state index is 11.8. The summed E-state index contributed by atoms with van der Waals surface area (Å²) in [4.78, 5) is 15.9. The first-order chi connectivity index (χ1) is 9.08. The van der Waals surface area contributed by atoms with E-state index < -0.39 is 0 Å². The average molecular weight is 261 g/mol. The molecular weight excluding hydrogens is 242 g/mol. The van der Waals surface area contributed by atoms with Crippen molar-refractivity contribution in [2.24, 2.45) is 5.92 Å². The van der Waals surface area contributed by atoms with Crippen LogP contribution >= 0.6 is 0 Å². The second-order valence-electron chi connectivity index (χ2n) is 4.63. The summed E-state index contributed by atoms with van der Waals surface area (Å²) in [5.74, 6) is 0.0245. The molecule has 0 aromatic carbocycles. The van der Waals surface area contributed by atoms with Gasteiger partial charge >= 0.3 is 0 Å². The third-order valence-corrected chi connectivity index (χ3v) is 2.91. The van der Waals surface area contributed by atoms with Gasteiger partial charge in [-0.1, -0.05) is 6.92 Å². The van der Waals surface area contributed by atoms with Crippen molar-refractivity contribution < 1.29 is 9.90 Å². The lowest BCUT2D eigenvalue weighted by Gasteiger charge is -2.08. The third-order valence-electron chi connectivity index (χ3n) is 2.91. The van der Waals surface area contributed by atoms with Crippen LogP contribution in [0.4, 0.5) is 0 Å². The highest BCUT2D eigenvalue weighted by Crippen LogP contribution is 2.06. The Labute approximate surface area is 113 Å². The summed E-state index contributed by atoms with van der Waals surface area (Å²) >= 11 is 0. The van der Waals surface area contributed by atoms with E-state index in [0.717, 1.165) is 12.8 Å². The monoisotopic (exact) mass is 261 g/mol. The van der Waals surface area contributed by atoms with Crippen LogP contribution in [0.5, 0.6) is 0 Å².